The fourth-order valence-electron chi connectivity index (χ4n) is 3.17. The van der Waals surface area contributed by atoms with Gasteiger partial charge in [0.1, 0.15) is 0 Å². The molecule has 0 aromatic heterocycles. The van der Waals surface area contributed by atoms with E-state index in [1.165, 1.54) is 108 Å². The third kappa shape index (κ3) is 18.0. The summed E-state index contributed by atoms with van der Waals surface area (Å²) in [4.78, 5) is 0. The molecule has 0 aromatic carbocycles. The van der Waals surface area contributed by atoms with Crippen LogP contribution in [0.3, 0.4) is 0 Å². The van der Waals surface area contributed by atoms with E-state index in [1.54, 1.807) is 0 Å². The first kappa shape index (κ1) is 23.7. The van der Waals surface area contributed by atoms with Crippen LogP contribution < -0.4 is 5.32 Å². The summed E-state index contributed by atoms with van der Waals surface area (Å²) in [6, 6.07) is 0.473. The van der Waals surface area contributed by atoms with E-state index in [0.717, 1.165) is 6.54 Å². The molecule has 1 N–H and O–H groups in total. The molecule has 0 aliphatic rings. The summed E-state index contributed by atoms with van der Waals surface area (Å²) in [6.45, 7) is 11.7. The van der Waals surface area contributed by atoms with Gasteiger partial charge in [-0.1, -0.05) is 115 Å². The van der Waals surface area contributed by atoms with E-state index < -0.39 is 0 Å². The Morgan fingerprint density at radius 1 is 0.667 bits per heavy atom. The van der Waals surface area contributed by atoms with E-state index in [9.17, 15) is 0 Å². The van der Waals surface area contributed by atoms with E-state index in [2.05, 4.69) is 32.7 Å². The summed E-state index contributed by atoms with van der Waals surface area (Å²) in [5, 5.41) is 3.53. The maximum atomic E-state index is 3.99. The Kier molecular flexibility index (Phi) is 18.8. The molecule has 144 valence electrons. The van der Waals surface area contributed by atoms with Crippen LogP contribution in [0.4, 0.5) is 0 Å². The molecule has 0 aromatic rings. The van der Waals surface area contributed by atoms with Crippen molar-refractivity contribution in [1.29, 1.82) is 0 Å². The quantitative estimate of drug-likeness (QED) is 0.187. The Morgan fingerprint density at radius 3 is 1.33 bits per heavy atom. The van der Waals surface area contributed by atoms with Crippen LogP contribution in [0.25, 0.3) is 0 Å². The molecule has 0 radical (unpaired) electrons. The van der Waals surface area contributed by atoms with Gasteiger partial charge in [-0.05, 0) is 26.8 Å². The average molecular weight is 338 g/mol. The van der Waals surface area contributed by atoms with Gasteiger partial charge in [-0.2, -0.15) is 0 Å². The number of unbranched alkanes of at least 4 members (excludes halogenated alkanes) is 15. The van der Waals surface area contributed by atoms with E-state index in [1.807, 2.05) is 0 Å². The molecule has 0 fully saturated rings. The first-order chi connectivity index (χ1) is 11.7. The molecule has 0 saturated carbocycles. The maximum Gasteiger partial charge on any atom is 0.0245 e. The Labute approximate surface area is 154 Å². The smallest absolute Gasteiger partial charge is 0.0245 e. The molecule has 0 spiro atoms. The van der Waals surface area contributed by atoms with Crippen molar-refractivity contribution in [3.05, 3.63) is 12.2 Å². The minimum Gasteiger partial charge on any atom is -0.311 e. The zero-order valence-electron chi connectivity index (χ0n) is 17.3. The highest BCUT2D eigenvalue weighted by Crippen LogP contribution is 2.13. The normalized spacial score (nSPS) is 12.5. The lowest BCUT2D eigenvalue weighted by Crippen LogP contribution is -2.27. The molecule has 0 heterocycles. The van der Waals surface area contributed by atoms with Crippen LogP contribution in [0.15, 0.2) is 12.2 Å². The Morgan fingerprint density at radius 2 is 1.00 bits per heavy atom. The van der Waals surface area contributed by atoms with Crippen molar-refractivity contribution in [1.82, 2.24) is 5.32 Å². The van der Waals surface area contributed by atoms with Gasteiger partial charge in [0.25, 0.3) is 0 Å². The minimum atomic E-state index is 0.473. The molecular formula is C23H47N. The molecule has 0 aliphatic carbocycles. The van der Waals surface area contributed by atoms with Crippen LogP contribution in [-0.2, 0) is 0 Å². The standard InChI is InChI=1S/C23H47N/c1-5-6-7-8-9-10-11-12-13-14-15-16-17-18-19-20-21-24-23(4)22(2)3/h23-24H,2,5-21H2,1,3-4H3. The predicted molar refractivity (Wildman–Crippen MR) is 112 cm³/mol. The van der Waals surface area contributed by atoms with Gasteiger partial charge in [0.05, 0.1) is 0 Å². The van der Waals surface area contributed by atoms with Crippen molar-refractivity contribution in [2.75, 3.05) is 6.54 Å². The summed E-state index contributed by atoms with van der Waals surface area (Å²) < 4.78 is 0. The lowest BCUT2D eigenvalue weighted by atomic mass is 10.0. The number of hydrogen-bond acceptors (Lipinski definition) is 1. The van der Waals surface area contributed by atoms with Crippen LogP contribution in [0.2, 0.25) is 0 Å². The monoisotopic (exact) mass is 337 g/mol. The molecular weight excluding hydrogens is 290 g/mol. The van der Waals surface area contributed by atoms with Crippen LogP contribution in [0.5, 0.6) is 0 Å². The van der Waals surface area contributed by atoms with Crippen LogP contribution >= 0.6 is 0 Å². The van der Waals surface area contributed by atoms with Gasteiger partial charge in [0, 0.05) is 6.04 Å². The van der Waals surface area contributed by atoms with Gasteiger partial charge < -0.3 is 5.32 Å². The molecule has 0 amide bonds. The van der Waals surface area contributed by atoms with Crippen molar-refractivity contribution >= 4 is 0 Å². The van der Waals surface area contributed by atoms with Crippen molar-refractivity contribution in [2.24, 2.45) is 0 Å². The van der Waals surface area contributed by atoms with Crippen LogP contribution in [0, 0.1) is 0 Å². The second-order valence-corrected chi connectivity index (χ2v) is 7.83. The zero-order valence-corrected chi connectivity index (χ0v) is 17.3. The molecule has 0 aliphatic heterocycles. The molecule has 1 unspecified atom stereocenters. The summed E-state index contributed by atoms with van der Waals surface area (Å²) in [5.74, 6) is 0. The largest absolute Gasteiger partial charge is 0.311 e. The van der Waals surface area contributed by atoms with E-state index in [4.69, 9.17) is 0 Å². The third-order valence-electron chi connectivity index (χ3n) is 5.22. The SMILES string of the molecule is C=C(C)C(C)NCCCCCCCCCCCCCCCCCC. The molecule has 1 heteroatoms. The van der Waals surface area contributed by atoms with Crippen molar-refractivity contribution in [3.8, 4) is 0 Å². The van der Waals surface area contributed by atoms with Gasteiger partial charge in [0.2, 0.25) is 0 Å². The van der Waals surface area contributed by atoms with Crippen molar-refractivity contribution in [3.63, 3.8) is 0 Å². The van der Waals surface area contributed by atoms with E-state index in [-0.39, 0.29) is 0 Å². The zero-order chi connectivity index (χ0) is 17.9. The number of hydrogen-bond donors (Lipinski definition) is 1. The van der Waals surface area contributed by atoms with Gasteiger partial charge >= 0.3 is 0 Å². The van der Waals surface area contributed by atoms with E-state index >= 15 is 0 Å². The lowest BCUT2D eigenvalue weighted by molar-refractivity contribution is 0.519. The fourth-order valence-corrected chi connectivity index (χ4v) is 3.17. The molecule has 0 bridgehead atoms. The highest BCUT2D eigenvalue weighted by atomic mass is 14.9. The summed E-state index contributed by atoms with van der Waals surface area (Å²) in [5.41, 5.74) is 1.24. The molecule has 24 heavy (non-hydrogen) atoms. The maximum absolute atomic E-state index is 3.99. The first-order valence-corrected chi connectivity index (χ1v) is 11.1. The average Bonchev–Trinajstić information content (AvgIpc) is 2.57. The summed E-state index contributed by atoms with van der Waals surface area (Å²) >= 11 is 0. The van der Waals surface area contributed by atoms with E-state index in [0.29, 0.717) is 6.04 Å². The Bertz CT molecular complexity index is 259. The Hall–Kier alpha value is -0.300. The highest BCUT2D eigenvalue weighted by molar-refractivity contribution is 4.98. The summed E-state index contributed by atoms with van der Waals surface area (Å²) in [7, 11) is 0. The van der Waals surface area contributed by atoms with Crippen molar-refractivity contribution < 1.29 is 0 Å². The molecule has 0 rings (SSSR count). The van der Waals surface area contributed by atoms with Gasteiger partial charge in [-0.15, -0.1) is 0 Å². The topological polar surface area (TPSA) is 12.0 Å². The van der Waals surface area contributed by atoms with Gasteiger partial charge in [0.15, 0.2) is 0 Å². The minimum absolute atomic E-state index is 0.473. The molecule has 1 nitrogen and oxygen atoms in total. The first-order valence-electron chi connectivity index (χ1n) is 11.1. The van der Waals surface area contributed by atoms with Crippen LogP contribution in [-0.4, -0.2) is 12.6 Å². The highest BCUT2D eigenvalue weighted by Gasteiger charge is 1.99. The number of rotatable bonds is 19. The second-order valence-electron chi connectivity index (χ2n) is 7.83. The Balaban J connectivity index is 3.04. The number of nitrogens with one attached hydrogen (secondary N) is 1. The molecule has 1 atom stereocenters. The van der Waals surface area contributed by atoms with Crippen molar-refractivity contribution in [2.45, 2.75) is 130 Å². The third-order valence-corrected chi connectivity index (χ3v) is 5.22. The van der Waals surface area contributed by atoms with Gasteiger partial charge in [-0.3, -0.25) is 0 Å². The lowest BCUT2D eigenvalue weighted by Gasteiger charge is -2.13. The molecule has 0 saturated heterocycles. The summed E-state index contributed by atoms with van der Waals surface area (Å²) in [6.07, 6.45) is 23.0. The predicted octanol–water partition coefficient (Wildman–Crippen LogP) is 7.80. The second kappa shape index (κ2) is 19.0. The van der Waals surface area contributed by atoms with Crippen LogP contribution in [0.1, 0.15) is 124 Å². The fraction of sp³-hybridized carbons (Fsp3) is 0.913. The van der Waals surface area contributed by atoms with Gasteiger partial charge in [-0.25, -0.2) is 0 Å².